The Hall–Kier alpha value is -1.23. The Labute approximate surface area is 89.2 Å². The standard InChI is InChI=1S/C10H13NO3S/c1-14-10-4-2-8(3-5-10)11-9-6-15(12,13)7-9/h2-5,9,11H,6-7H2,1H3. The molecule has 1 aromatic rings. The molecule has 0 amide bonds. The van der Waals surface area contributed by atoms with Crippen molar-refractivity contribution in [1.29, 1.82) is 0 Å². The van der Waals surface area contributed by atoms with Crippen LogP contribution in [0, 0.1) is 0 Å². The molecule has 1 aromatic carbocycles. The predicted molar refractivity (Wildman–Crippen MR) is 59.1 cm³/mol. The third-order valence-electron chi connectivity index (χ3n) is 2.37. The van der Waals surface area contributed by atoms with Crippen molar-refractivity contribution in [1.82, 2.24) is 0 Å². The van der Waals surface area contributed by atoms with Crippen molar-refractivity contribution in [3.05, 3.63) is 24.3 Å². The van der Waals surface area contributed by atoms with Gasteiger partial charge in [-0.15, -0.1) is 0 Å². The Morgan fingerprint density at radius 3 is 2.33 bits per heavy atom. The van der Waals surface area contributed by atoms with Gasteiger partial charge in [0.15, 0.2) is 9.84 Å². The summed E-state index contributed by atoms with van der Waals surface area (Å²) in [6, 6.07) is 7.50. The summed E-state index contributed by atoms with van der Waals surface area (Å²) in [7, 11) is -1.14. The molecule has 0 bridgehead atoms. The smallest absolute Gasteiger partial charge is 0.154 e. The summed E-state index contributed by atoms with van der Waals surface area (Å²) in [6.07, 6.45) is 0. The molecule has 5 heteroatoms. The van der Waals surface area contributed by atoms with E-state index in [-0.39, 0.29) is 17.5 Å². The van der Waals surface area contributed by atoms with Gasteiger partial charge in [0.05, 0.1) is 24.7 Å². The first kappa shape index (κ1) is 10.3. The van der Waals surface area contributed by atoms with E-state index < -0.39 is 9.84 Å². The van der Waals surface area contributed by atoms with Gasteiger partial charge in [-0.25, -0.2) is 8.42 Å². The first-order chi connectivity index (χ1) is 7.09. The average molecular weight is 227 g/mol. The van der Waals surface area contributed by atoms with Gasteiger partial charge in [-0.2, -0.15) is 0 Å². The lowest BCUT2D eigenvalue weighted by Crippen LogP contribution is -2.46. The monoisotopic (exact) mass is 227 g/mol. The number of sulfone groups is 1. The maximum atomic E-state index is 10.9. The molecule has 1 aliphatic rings. The Balaban J connectivity index is 1.95. The fourth-order valence-electron chi connectivity index (χ4n) is 1.57. The van der Waals surface area contributed by atoms with Crippen LogP contribution >= 0.6 is 0 Å². The minimum atomic E-state index is -2.75. The SMILES string of the molecule is COc1ccc(NC2CS(=O)(=O)C2)cc1. The number of hydrogen-bond donors (Lipinski definition) is 1. The number of methoxy groups -OCH3 is 1. The zero-order valence-corrected chi connectivity index (χ0v) is 9.25. The van der Waals surface area contributed by atoms with Gasteiger partial charge in [-0.05, 0) is 24.3 Å². The van der Waals surface area contributed by atoms with Crippen molar-refractivity contribution in [3.63, 3.8) is 0 Å². The molecule has 1 N–H and O–H groups in total. The number of nitrogens with one attached hydrogen (secondary N) is 1. The van der Waals surface area contributed by atoms with Crippen molar-refractivity contribution in [2.24, 2.45) is 0 Å². The molecule has 0 radical (unpaired) electrons. The molecule has 15 heavy (non-hydrogen) atoms. The van der Waals surface area contributed by atoms with E-state index in [0.717, 1.165) is 11.4 Å². The largest absolute Gasteiger partial charge is 0.497 e. The predicted octanol–water partition coefficient (Wildman–Crippen LogP) is 0.904. The minimum Gasteiger partial charge on any atom is -0.497 e. The molecule has 0 saturated carbocycles. The van der Waals surface area contributed by atoms with Crippen LogP contribution in [0.4, 0.5) is 5.69 Å². The van der Waals surface area contributed by atoms with Crippen LogP contribution in [0.15, 0.2) is 24.3 Å². The molecule has 4 nitrogen and oxygen atoms in total. The van der Waals surface area contributed by atoms with Crippen LogP contribution in [0.2, 0.25) is 0 Å². The summed E-state index contributed by atoms with van der Waals surface area (Å²) in [5.74, 6) is 1.26. The Kier molecular flexibility index (Phi) is 2.56. The van der Waals surface area contributed by atoms with Gasteiger partial charge >= 0.3 is 0 Å². The molecule has 0 atom stereocenters. The minimum absolute atomic E-state index is 0.0587. The highest BCUT2D eigenvalue weighted by molar-refractivity contribution is 7.92. The van der Waals surface area contributed by atoms with E-state index in [1.807, 2.05) is 24.3 Å². The summed E-state index contributed by atoms with van der Waals surface area (Å²) in [4.78, 5) is 0. The fourth-order valence-corrected chi connectivity index (χ4v) is 2.87. The van der Waals surface area contributed by atoms with Crippen LogP contribution < -0.4 is 10.1 Å². The zero-order valence-electron chi connectivity index (χ0n) is 8.43. The van der Waals surface area contributed by atoms with Gasteiger partial charge in [0.25, 0.3) is 0 Å². The van der Waals surface area contributed by atoms with E-state index in [4.69, 9.17) is 4.74 Å². The second-order valence-corrected chi connectivity index (χ2v) is 5.80. The highest BCUT2D eigenvalue weighted by Crippen LogP contribution is 2.19. The maximum absolute atomic E-state index is 10.9. The second-order valence-electron chi connectivity index (χ2n) is 3.65. The van der Waals surface area contributed by atoms with Crippen molar-refractivity contribution in [3.8, 4) is 5.75 Å². The number of benzene rings is 1. The summed E-state index contributed by atoms with van der Waals surface area (Å²) in [6.45, 7) is 0. The van der Waals surface area contributed by atoms with E-state index in [1.54, 1.807) is 7.11 Å². The molecule has 0 aromatic heterocycles. The van der Waals surface area contributed by atoms with Crippen LogP contribution in [-0.4, -0.2) is 33.1 Å². The molecule has 0 aliphatic carbocycles. The third kappa shape index (κ3) is 2.41. The zero-order chi connectivity index (χ0) is 10.9. The van der Waals surface area contributed by atoms with E-state index in [0.29, 0.717) is 0 Å². The Morgan fingerprint density at radius 2 is 1.87 bits per heavy atom. The highest BCUT2D eigenvalue weighted by Gasteiger charge is 2.32. The van der Waals surface area contributed by atoms with Crippen LogP contribution in [0.1, 0.15) is 0 Å². The summed E-state index contributed by atoms with van der Waals surface area (Å²) < 4.78 is 26.9. The lowest BCUT2D eigenvalue weighted by molar-refractivity contribution is 0.415. The van der Waals surface area contributed by atoms with Crippen LogP contribution in [0.5, 0.6) is 5.75 Å². The van der Waals surface area contributed by atoms with E-state index in [2.05, 4.69) is 5.32 Å². The first-order valence-corrected chi connectivity index (χ1v) is 6.52. The molecule has 2 rings (SSSR count). The van der Waals surface area contributed by atoms with Crippen LogP contribution in [-0.2, 0) is 9.84 Å². The van der Waals surface area contributed by atoms with Crippen molar-refractivity contribution in [2.75, 3.05) is 23.9 Å². The van der Waals surface area contributed by atoms with Gasteiger partial charge in [0, 0.05) is 5.69 Å². The van der Waals surface area contributed by atoms with Crippen LogP contribution in [0.3, 0.4) is 0 Å². The third-order valence-corrected chi connectivity index (χ3v) is 4.19. The molecule has 0 unspecified atom stereocenters. The van der Waals surface area contributed by atoms with Crippen molar-refractivity contribution < 1.29 is 13.2 Å². The van der Waals surface area contributed by atoms with Gasteiger partial charge in [0.1, 0.15) is 5.75 Å². The topological polar surface area (TPSA) is 55.4 Å². The normalized spacial score (nSPS) is 19.3. The Bertz CT molecular complexity index is 426. The highest BCUT2D eigenvalue weighted by atomic mass is 32.2. The molecule has 82 valence electrons. The first-order valence-electron chi connectivity index (χ1n) is 4.70. The maximum Gasteiger partial charge on any atom is 0.154 e. The quantitative estimate of drug-likeness (QED) is 0.833. The van der Waals surface area contributed by atoms with E-state index in [1.165, 1.54) is 0 Å². The van der Waals surface area contributed by atoms with E-state index >= 15 is 0 Å². The fraction of sp³-hybridized carbons (Fsp3) is 0.400. The lowest BCUT2D eigenvalue weighted by Gasteiger charge is -2.27. The molecular formula is C10H13NO3S. The number of hydrogen-bond acceptors (Lipinski definition) is 4. The average Bonchev–Trinajstić information content (AvgIpc) is 2.16. The molecule has 0 spiro atoms. The van der Waals surface area contributed by atoms with Crippen molar-refractivity contribution >= 4 is 15.5 Å². The summed E-state index contributed by atoms with van der Waals surface area (Å²) in [5, 5.41) is 3.15. The second kappa shape index (κ2) is 3.73. The molecule has 1 aliphatic heterocycles. The lowest BCUT2D eigenvalue weighted by atomic mass is 10.2. The number of ether oxygens (including phenoxy) is 1. The number of anilines is 1. The molecular weight excluding hydrogens is 214 g/mol. The summed E-state index contributed by atoms with van der Waals surface area (Å²) in [5.41, 5.74) is 0.927. The molecule has 1 fully saturated rings. The van der Waals surface area contributed by atoms with Gasteiger partial charge in [-0.1, -0.05) is 0 Å². The number of rotatable bonds is 3. The van der Waals surface area contributed by atoms with Gasteiger partial charge in [-0.3, -0.25) is 0 Å². The summed E-state index contributed by atoms with van der Waals surface area (Å²) >= 11 is 0. The molecule has 1 heterocycles. The molecule has 1 saturated heterocycles. The van der Waals surface area contributed by atoms with Gasteiger partial charge in [0.2, 0.25) is 0 Å². The van der Waals surface area contributed by atoms with Crippen molar-refractivity contribution in [2.45, 2.75) is 6.04 Å². The van der Waals surface area contributed by atoms with Gasteiger partial charge < -0.3 is 10.1 Å². The van der Waals surface area contributed by atoms with E-state index in [9.17, 15) is 8.42 Å². The van der Waals surface area contributed by atoms with Crippen LogP contribution in [0.25, 0.3) is 0 Å². The Morgan fingerprint density at radius 1 is 1.27 bits per heavy atom.